The van der Waals surface area contributed by atoms with Crippen molar-refractivity contribution in [1.29, 1.82) is 0 Å². The second-order valence-electron chi connectivity index (χ2n) is 9.26. The number of hydrogen-bond acceptors (Lipinski definition) is 7. The van der Waals surface area contributed by atoms with Gasteiger partial charge in [0.1, 0.15) is 29.5 Å². The van der Waals surface area contributed by atoms with E-state index in [-0.39, 0.29) is 6.42 Å². The van der Waals surface area contributed by atoms with Crippen molar-refractivity contribution in [2.45, 2.75) is 57.7 Å². The lowest BCUT2D eigenvalue weighted by Gasteiger charge is -2.20. The summed E-state index contributed by atoms with van der Waals surface area (Å²) in [6.45, 7) is 2.84. The molecule has 0 saturated heterocycles. The van der Waals surface area contributed by atoms with Crippen molar-refractivity contribution in [2.24, 2.45) is 0 Å². The third-order valence-electron chi connectivity index (χ3n) is 6.27. The molecule has 8 heteroatoms. The maximum Gasteiger partial charge on any atom is 0.343 e. The van der Waals surface area contributed by atoms with Crippen LogP contribution in [0.2, 0.25) is 0 Å². The van der Waals surface area contributed by atoms with Crippen LogP contribution in [-0.2, 0) is 11.2 Å². The summed E-state index contributed by atoms with van der Waals surface area (Å²) < 4.78 is 16.3. The zero-order valence-corrected chi connectivity index (χ0v) is 22.5. The van der Waals surface area contributed by atoms with Crippen molar-refractivity contribution < 1.29 is 34.0 Å². The van der Waals surface area contributed by atoms with Crippen LogP contribution in [0.15, 0.2) is 72.8 Å². The van der Waals surface area contributed by atoms with E-state index in [9.17, 15) is 19.8 Å². The molecule has 3 aromatic carbocycles. The number of nitrogens with one attached hydrogen (secondary N) is 1. The van der Waals surface area contributed by atoms with Crippen LogP contribution < -0.4 is 19.5 Å². The lowest BCUT2D eigenvalue weighted by Crippen LogP contribution is -2.40. The number of esters is 1. The molecule has 0 aliphatic carbocycles. The van der Waals surface area contributed by atoms with Crippen molar-refractivity contribution in [3.05, 3.63) is 89.5 Å². The molecule has 0 saturated carbocycles. The zero-order chi connectivity index (χ0) is 28.0. The predicted molar refractivity (Wildman–Crippen MR) is 148 cm³/mol. The van der Waals surface area contributed by atoms with Crippen molar-refractivity contribution in [3.63, 3.8) is 0 Å². The van der Waals surface area contributed by atoms with E-state index in [1.807, 2.05) is 0 Å². The van der Waals surface area contributed by atoms with Gasteiger partial charge >= 0.3 is 11.9 Å². The summed E-state index contributed by atoms with van der Waals surface area (Å²) in [5, 5.41) is 22.8. The van der Waals surface area contributed by atoms with Crippen LogP contribution in [0.4, 0.5) is 0 Å². The highest BCUT2D eigenvalue weighted by Gasteiger charge is 2.22. The summed E-state index contributed by atoms with van der Waals surface area (Å²) in [4.78, 5) is 24.4. The minimum absolute atomic E-state index is 0.122. The Morgan fingerprint density at radius 2 is 1.44 bits per heavy atom. The molecule has 0 aromatic heterocycles. The number of carboxylic acids is 1. The number of ether oxygens (including phenoxy) is 3. The van der Waals surface area contributed by atoms with Gasteiger partial charge in [-0.1, -0.05) is 56.9 Å². The van der Waals surface area contributed by atoms with Crippen LogP contribution in [0.5, 0.6) is 17.2 Å². The number of carboxylic acid groups (broad SMARTS) is 1. The first-order valence-electron chi connectivity index (χ1n) is 13.2. The number of aliphatic hydroxyl groups is 1. The van der Waals surface area contributed by atoms with Crippen LogP contribution >= 0.6 is 0 Å². The number of aliphatic carboxylic acids is 1. The standard InChI is InChI=1S/C31H37NO7/c1-3-4-5-6-7-20-38-26-18-12-24(13-19-26)31(36)39-27-14-8-22(9-15-27)21-28(30(34)35)32-29(33)23-10-16-25(37-2)17-11-23/h8-19,28-29,32-33H,3-7,20-21H2,1-2H3,(H,34,35). The average Bonchev–Trinajstić information content (AvgIpc) is 2.95. The maximum atomic E-state index is 12.5. The highest BCUT2D eigenvalue weighted by Crippen LogP contribution is 2.20. The molecule has 0 fully saturated rings. The normalized spacial score (nSPS) is 12.4. The number of benzene rings is 3. The topological polar surface area (TPSA) is 114 Å². The lowest BCUT2D eigenvalue weighted by molar-refractivity contribution is -0.140. The first-order valence-corrected chi connectivity index (χ1v) is 13.2. The Bertz CT molecular complexity index is 1160. The molecule has 3 N–H and O–H groups in total. The molecule has 0 heterocycles. The van der Waals surface area contributed by atoms with Crippen molar-refractivity contribution >= 4 is 11.9 Å². The molecule has 0 amide bonds. The zero-order valence-electron chi connectivity index (χ0n) is 22.5. The van der Waals surface area contributed by atoms with Gasteiger partial charge in [0.15, 0.2) is 0 Å². The third kappa shape index (κ3) is 9.74. The molecule has 0 aliphatic rings. The van der Waals surface area contributed by atoms with Crippen LogP contribution in [0.1, 0.15) is 66.7 Å². The van der Waals surface area contributed by atoms with Gasteiger partial charge < -0.3 is 24.4 Å². The van der Waals surface area contributed by atoms with Gasteiger partial charge in [-0.3, -0.25) is 10.1 Å². The van der Waals surface area contributed by atoms with E-state index in [0.29, 0.717) is 40.5 Å². The smallest absolute Gasteiger partial charge is 0.343 e. The van der Waals surface area contributed by atoms with E-state index < -0.39 is 24.2 Å². The van der Waals surface area contributed by atoms with E-state index >= 15 is 0 Å². The lowest BCUT2D eigenvalue weighted by atomic mass is 10.0. The van der Waals surface area contributed by atoms with E-state index in [1.165, 1.54) is 19.3 Å². The van der Waals surface area contributed by atoms with Crippen LogP contribution in [0, 0.1) is 0 Å². The summed E-state index contributed by atoms with van der Waals surface area (Å²) in [5.41, 5.74) is 1.62. The van der Waals surface area contributed by atoms with Crippen molar-refractivity contribution in [3.8, 4) is 17.2 Å². The molecular formula is C31H37NO7. The Kier molecular flexibility index (Phi) is 11.8. The van der Waals surface area contributed by atoms with Gasteiger partial charge in [0, 0.05) is 0 Å². The summed E-state index contributed by atoms with van der Waals surface area (Å²) in [6.07, 6.45) is 4.78. The van der Waals surface area contributed by atoms with Gasteiger partial charge in [0.05, 0.1) is 19.3 Å². The van der Waals surface area contributed by atoms with Gasteiger partial charge in [0.25, 0.3) is 0 Å². The first kappa shape index (κ1) is 29.7. The molecular weight excluding hydrogens is 498 g/mol. The Labute approximate surface area is 229 Å². The highest BCUT2D eigenvalue weighted by atomic mass is 16.5. The van der Waals surface area contributed by atoms with E-state index in [2.05, 4.69) is 12.2 Å². The van der Waals surface area contributed by atoms with E-state index in [4.69, 9.17) is 14.2 Å². The molecule has 0 bridgehead atoms. The number of carbonyl (C=O) groups excluding carboxylic acids is 1. The highest BCUT2D eigenvalue weighted by molar-refractivity contribution is 5.91. The molecule has 0 aliphatic heterocycles. The van der Waals surface area contributed by atoms with Crippen LogP contribution in [0.3, 0.4) is 0 Å². The molecule has 39 heavy (non-hydrogen) atoms. The van der Waals surface area contributed by atoms with Gasteiger partial charge in [-0.15, -0.1) is 0 Å². The van der Waals surface area contributed by atoms with E-state index in [0.717, 1.165) is 12.8 Å². The summed E-state index contributed by atoms with van der Waals surface area (Å²) in [5.74, 6) is 0.0963. The Hall–Kier alpha value is -3.88. The fourth-order valence-corrected chi connectivity index (χ4v) is 3.97. The number of rotatable bonds is 16. The molecule has 208 valence electrons. The molecule has 0 radical (unpaired) electrons. The monoisotopic (exact) mass is 535 g/mol. The third-order valence-corrected chi connectivity index (χ3v) is 6.27. The maximum absolute atomic E-state index is 12.5. The second kappa shape index (κ2) is 15.5. The molecule has 3 rings (SSSR count). The van der Waals surface area contributed by atoms with Gasteiger partial charge in [-0.2, -0.15) is 0 Å². The SMILES string of the molecule is CCCCCCCOc1ccc(C(=O)Oc2ccc(CC(NC(O)c3ccc(OC)cc3)C(=O)O)cc2)cc1. The van der Waals surface area contributed by atoms with Gasteiger partial charge in [0.2, 0.25) is 0 Å². The van der Waals surface area contributed by atoms with Gasteiger partial charge in [-0.25, -0.2) is 4.79 Å². The molecule has 0 spiro atoms. The Balaban J connectivity index is 1.49. The van der Waals surface area contributed by atoms with Crippen LogP contribution in [0.25, 0.3) is 0 Å². The molecule has 2 unspecified atom stereocenters. The number of methoxy groups -OCH3 is 1. The number of hydrogen-bond donors (Lipinski definition) is 3. The Morgan fingerprint density at radius 3 is 2.05 bits per heavy atom. The Morgan fingerprint density at radius 1 is 0.821 bits per heavy atom. The summed E-state index contributed by atoms with van der Waals surface area (Å²) >= 11 is 0. The fourth-order valence-electron chi connectivity index (χ4n) is 3.97. The minimum atomic E-state index is -1.17. The van der Waals surface area contributed by atoms with Gasteiger partial charge in [-0.05, 0) is 72.5 Å². The summed E-state index contributed by atoms with van der Waals surface area (Å²) in [6, 6.07) is 19.1. The van der Waals surface area contributed by atoms with Crippen LogP contribution in [-0.4, -0.2) is 41.9 Å². The van der Waals surface area contributed by atoms with Crippen molar-refractivity contribution in [2.75, 3.05) is 13.7 Å². The largest absolute Gasteiger partial charge is 0.497 e. The first-order chi connectivity index (χ1) is 18.9. The molecule has 2 atom stereocenters. The predicted octanol–water partition coefficient (Wildman–Crippen LogP) is 5.54. The molecule has 8 nitrogen and oxygen atoms in total. The summed E-state index contributed by atoms with van der Waals surface area (Å²) in [7, 11) is 1.54. The number of unbranched alkanes of at least 4 members (excludes halogenated alkanes) is 4. The quantitative estimate of drug-likeness (QED) is 0.0948. The number of aliphatic hydroxyl groups excluding tert-OH is 1. The van der Waals surface area contributed by atoms with E-state index in [1.54, 1.807) is 79.9 Å². The molecule has 3 aromatic rings. The average molecular weight is 536 g/mol. The fraction of sp³-hybridized carbons (Fsp3) is 0.355. The minimum Gasteiger partial charge on any atom is -0.497 e. The number of carbonyl (C=O) groups is 2. The second-order valence-corrected chi connectivity index (χ2v) is 9.26. The van der Waals surface area contributed by atoms with Crippen molar-refractivity contribution in [1.82, 2.24) is 5.32 Å².